The molecule has 96 valence electrons. The zero-order chi connectivity index (χ0) is 12.4. The van der Waals surface area contributed by atoms with E-state index in [2.05, 4.69) is 47.7 Å². The van der Waals surface area contributed by atoms with Crippen molar-refractivity contribution in [2.75, 3.05) is 13.2 Å². The predicted molar refractivity (Wildman–Crippen MR) is 73.8 cm³/mol. The summed E-state index contributed by atoms with van der Waals surface area (Å²) in [5, 5.41) is 4.94. The van der Waals surface area contributed by atoms with E-state index in [1.165, 1.54) is 16.5 Å². The number of fused-ring (bicyclic) bond motifs is 1. The summed E-state index contributed by atoms with van der Waals surface area (Å²) in [7, 11) is 0. The molecule has 18 heavy (non-hydrogen) atoms. The zero-order valence-electron chi connectivity index (χ0n) is 10.8. The van der Waals surface area contributed by atoms with Gasteiger partial charge in [0.15, 0.2) is 0 Å². The molecule has 2 heterocycles. The topological polar surface area (TPSA) is 37.0 Å². The number of hydrogen-bond donors (Lipinski definition) is 2. The molecule has 2 unspecified atom stereocenters. The Morgan fingerprint density at radius 3 is 3.11 bits per heavy atom. The van der Waals surface area contributed by atoms with Crippen molar-refractivity contribution in [2.24, 2.45) is 0 Å². The van der Waals surface area contributed by atoms with E-state index < -0.39 is 0 Å². The van der Waals surface area contributed by atoms with Crippen LogP contribution >= 0.6 is 0 Å². The minimum absolute atomic E-state index is 0.355. The quantitative estimate of drug-likeness (QED) is 0.867. The van der Waals surface area contributed by atoms with Crippen molar-refractivity contribution in [3.05, 3.63) is 36.0 Å². The number of H-pyrrole nitrogens is 1. The molecule has 0 saturated carbocycles. The molecule has 0 bridgehead atoms. The molecule has 2 aromatic rings. The van der Waals surface area contributed by atoms with Gasteiger partial charge in [-0.2, -0.15) is 0 Å². The van der Waals surface area contributed by atoms with Crippen LogP contribution in [-0.4, -0.2) is 30.3 Å². The molecule has 1 fully saturated rings. The average molecular weight is 244 g/mol. The van der Waals surface area contributed by atoms with Crippen LogP contribution in [-0.2, 0) is 11.2 Å². The van der Waals surface area contributed by atoms with Crippen LogP contribution in [0.3, 0.4) is 0 Å². The molecule has 1 aromatic carbocycles. The van der Waals surface area contributed by atoms with E-state index in [0.717, 1.165) is 26.0 Å². The Hall–Kier alpha value is -1.32. The smallest absolute Gasteiger partial charge is 0.0700 e. The Morgan fingerprint density at radius 2 is 2.28 bits per heavy atom. The van der Waals surface area contributed by atoms with Crippen molar-refractivity contribution in [1.82, 2.24) is 10.3 Å². The molecule has 0 radical (unpaired) electrons. The summed E-state index contributed by atoms with van der Waals surface area (Å²) in [5.41, 5.74) is 2.62. The molecule has 1 saturated heterocycles. The Labute approximate surface area is 108 Å². The summed E-state index contributed by atoms with van der Waals surface area (Å²) in [5.74, 6) is 0. The molecule has 0 amide bonds. The van der Waals surface area contributed by atoms with E-state index in [1.807, 2.05) is 0 Å². The highest BCUT2D eigenvalue weighted by atomic mass is 16.5. The fourth-order valence-electron chi connectivity index (χ4n) is 2.73. The Morgan fingerprint density at radius 1 is 1.39 bits per heavy atom. The van der Waals surface area contributed by atoms with Crippen molar-refractivity contribution in [3.8, 4) is 0 Å². The minimum Gasteiger partial charge on any atom is -0.377 e. The van der Waals surface area contributed by atoms with Crippen molar-refractivity contribution in [1.29, 1.82) is 0 Å². The maximum absolute atomic E-state index is 5.55. The maximum atomic E-state index is 5.55. The molecular formula is C15H20N2O. The molecule has 1 aliphatic heterocycles. The number of nitrogens with one attached hydrogen (secondary N) is 2. The summed E-state index contributed by atoms with van der Waals surface area (Å²) in [6.07, 6.45) is 4.68. The number of rotatable bonds is 4. The van der Waals surface area contributed by atoms with Crippen LogP contribution in [0.4, 0.5) is 0 Å². The van der Waals surface area contributed by atoms with Crippen molar-refractivity contribution in [3.63, 3.8) is 0 Å². The first kappa shape index (κ1) is 11.8. The molecular weight excluding hydrogens is 224 g/mol. The fourth-order valence-corrected chi connectivity index (χ4v) is 2.73. The highest BCUT2D eigenvalue weighted by Gasteiger charge is 2.23. The third-order valence-electron chi connectivity index (χ3n) is 3.85. The summed E-state index contributed by atoms with van der Waals surface area (Å²) in [6.45, 7) is 4.06. The van der Waals surface area contributed by atoms with Gasteiger partial charge in [-0.05, 0) is 37.9 Å². The molecule has 2 atom stereocenters. The highest BCUT2D eigenvalue weighted by molar-refractivity contribution is 5.83. The molecule has 2 N–H and O–H groups in total. The van der Waals surface area contributed by atoms with Gasteiger partial charge >= 0.3 is 0 Å². The zero-order valence-corrected chi connectivity index (χ0v) is 10.8. The van der Waals surface area contributed by atoms with Crippen LogP contribution in [0.25, 0.3) is 10.9 Å². The van der Waals surface area contributed by atoms with E-state index in [1.54, 1.807) is 0 Å². The average Bonchev–Trinajstić information content (AvgIpc) is 2.97. The second-order valence-electron chi connectivity index (χ2n) is 5.03. The third kappa shape index (κ3) is 2.28. The minimum atomic E-state index is 0.355. The van der Waals surface area contributed by atoms with E-state index >= 15 is 0 Å². The summed E-state index contributed by atoms with van der Waals surface area (Å²) >= 11 is 0. The lowest BCUT2D eigenvalue weighted by Crippen LogP contribution is -2.35. The van der Waals surface area contributed by atoms with Gasteiger partial charge in [0.2, 0.25) is 0 Å². The molecule has 3 nitrogen and oxygen atoms in total. The molecule has 0 aliphatic carbocycles. The van der Waals surface area contributed by atoms with Crippen LogP contribution in [0.2, 0.25) is 0 Å². The first-order valence-corrected chi connectivity index (χ1v) is 6.74. The van der Waals surface area contributed by atoms with Crippen molar-refractivity contribution < 1.29 is 4.74 Å². The number of ether oxygens (including phenoxy) is 1. The van der Waals surface area contributed by atoms with Crippen LogP contribution < -0.4 is 5.32 Å². The van der Waals surface area contributed by atoms with E-state index in [0.29, 0.717) is 12.1 Å². The summed E-state index contributed by atoms with van der Waals surface area (Å²) in [6, 6.07) is 9.00. The Bertz CT molecular complexity index is 520. The molecule has 3 heteroatoms. The second-order valence-corrected chi connectivity index (χ2v) is 5.03. The monoisotopic (exact) mass is 244 g/mol. The van der Waals surface area contributed by atoms with E-state index in [9.17, 15) is 0 Å². The number of aromatic amines is 1. The lowest BCUT2D eigenvalue weighted by Gasteiger charge is -2.15. The van der Waals surface area contributed by atoms with Gasteiger partial charge in [-0.3, -0.25) is 0 Å². The first-order valence-electron chi connectivity index (χ1n) is 6.74. The number of para-hydroxylation sites is 1. The standard InChI is InChI=1S/C15H20N2O/c1-11-14(7-9-18-11)16-8-6-12-10-17-15-5-3-2-4-13(12)15/h2-5,10-11,14,16-17H,6-9H2,1H3. The van der Waals surface area contributed by atoms with Crippen LogP contribution in [0.5, 0.6) is 0 Å². The van der Waals surface area contributed by atoms with Gasteiger partial charge in [0.1, 0.15) is 0 Å². The van der Waals surface area contributed by atoms with Gasteiger partial charge in [0.05, 0.1) is 6.10 Å². The van der Waals surface area contributed by atoms with Gasteiger partial charge in [0, 0.05) is 29.7 Å². The third-order valence-corrected chi connectivity index (χ3v) is 3.85. The lowest BCUT2D eigenvalue weighted by atomic mass is 10.1. The largest absolute Gasteiger partial charge is 0.377 e. The Balaban J connectivity index is 1.60. The Kier molecular flexibility index (Phi) is 3.35. The van der Waals surface area contributed by atoms with Gasteiger partial charge in [-0.15, -0.1) is 0 Å². The number of hydrogen-bond acceptors (Lipinski definition) is 2. The van der Waals surface area contributed by atoms with Gasteiger partial charge in [-0.1, -0.05) is 18.2 Å². The highest BCUT2D eigenvalue weighted by Crippen LogP contribution is 2.18. The van der Waals surface area contributed by atoms with E-state index in [4.69, 9.17) is 4.74 Å². The maximum Gasteiger partial charge on any atom is 0.0700 e. The normalized spacial score (nSPS) is 23.8. The molecule has 0 spiro atoms. The van der Waals surface area contributed by atoms with Gasteiger partial charge < -0.3 is 15.0 Å². The van der Waals surface area contributed by atoms with Gasteiger partial charge in [-0.25, -0.2) is 0 Å². The van der Waals surface area contributed by atoms with Crippen LogP contribution in [0, 0.1) is 0 Å². The van der Waals surface area contributed by atoms with Crippen LogP contribution in [0.1, 0.15) is 18.9 Å². The predicted octanol–water partition coefficient (Wildman–Crippen LogP) is 2.48. The number of benzene rings is 1. The van der Waals surface area contributed by atoms with Gasteiger partial charge in [0.25, 0.3) is 0 Å². The summed E-state index contributed by atoms with van der Waals surface area (Å²) < 4.78 is 5.55. The van der Waals surface area contributed by atoms with Crippen molar-refractivity contribution >= 4 is 10.9 Å². The first-order chi connectivity index (χ1) is 8.84. The second kappa shape index (κ2) is 5.12. The SMILES string of the molecule is CC1OCCC1NCCc1c[nH]c2ccccc12. The molecule has 3 rings (SSSR count). The molecule has 1 aliphatic rings. The number of aromatic nitrogens is 1. The summed E-state index contributed by atoms with van der Waals surface area (Å²) in [4.78, 5) is 3.32. The molecule has 1 aromatic heterocycles. The van der Waals surface area contributed by atoms with Crippen molar-refractivity contribution in [2.45, 2.75) is 31.9 Å². The lowest BCUT2D eigenvalue weighted by molar-refractivity contribution is 0.113. The van der Waals surface area contributed by atoms with Crippen LogP contribution in [0.15, 0.2) is 30.5 Å². The van der Waals surface area contributed by atoms with E-state index in [-0.39, 0.29) is 0 Å². The fraction of sp³-hybridized carbons (Fsp3) is 0.467.